The molecule has 1 aliphatic carbocycles. The van der Waals surface area contributed by atoms with Gasteiger partial charge in [-0.15, -0.1) is 0 Å². The summed E-state index contributed by atoms with van der Waals surface area (Å²) in [4.78, 5) is 14.8. The summed E-state index contributed by atoms with van der Waals surface area (Å²) in [5, 5.41) is 2.98. The molecule has 0 unspecified atom stereocenters. The quantitative estimate of drug-likeness (QED) is 0.810. The predicted octanol–water partition coefficient (Wildman–Crippen LogP) is 3.05. The molecule has 0 aliphatic heterocycles. The third-order valence-corrected chi connectivity index (χ3v) is 3.68. The van der Waals surface area contributed by atoms with Crippen LogP contribution in [-0.4, -0.2) is 17.4 Å². The zero-order chi connectivity index (χ0) is 12.1. The van der Waals surface area contributed by atoms with E-state index in [-0.39, 0.29) is 5.91 Å². The van der Waals surface area contributed by atoms with Crippen LogP contribution in [0.3, 0.4) is 0 Å². The molecule has 1 heterocycles. The van der Waals surface area contributed by atoms with E-state index in [1.165, 1.54) is 32.1 Å². The van der Waals surface area contributed by atoms with E-state index in [0.717, 1.165) is 6.54 Å². The number of H-pyrrole nitrogens is 1. The van der Waals surface area contributed by atoms with Crippen LogP contribution in [0.15, 0.2) is 18.3 Å². The Morgan fingerprint density at radius 3 is 2.88 bits per heavy atom. The molecule has 1 aromatic heterocycles. The normalized spacial score (nSPS) is 16.7. The molecule has 4 heteroatoms. The van der Waals surface area contributed by atoms with Crippen molar-refractivity contribution in [3.8, 4) is 0 Å². The number of aromatic nitrogens is 1. The van der Waals surface area contributed by atoms with Crippen LogP contribution in [0.25, 0.3) is 0 Å². The summed E-state index contributed by atoms with van der Waals surface area (Å²) in [5.74, 6) is 0.589. The van der Waals surface area contributed by atoms with Crippen LogP contribution in [0.4, 0.5) is 0 Å². The van der Waals surface area contributed by atoms with Crippen molar-refractivity contribution in [1.29, 1.82) is 0 Å². The highest BCUT2D eigenvalue weighted by molar-refractivity contribution is 7.71. The Balaban J connectivity index is 1.89. The first kappa shape index (κ1) is 12.3. The molecule has 0 aromatic carbocycles. The summed E-state index contributed by atoms with van der Waals surface area (Å²) < 4.78 is 0.508. The van der Waals surface area contributed by atoms with Crippen molar-refractivity contribution in [3.05, 3.63) is 28.5 Å². The third-order valence-electron chi connectivity index (χ3n) is 3.34. The van der Waals surface area contributed by atoms with Crippen molar-refractivity contribution < 1.29 is 4.79 Å². The third kappa shape index (κ3) is 3.40. The Bertz CT molecular complexity index is 435. The standard InChI is InChI=1S/C13H18N2OS/c16-12(11-7-4-8-14-13(11)17)15-9-10-5-2-1-3-6-10/h4,7-8,10H,1-3,5-6,9H2,(H,14,17)(H,15,16). The monoisotopic (exact) mass is 250 g/mol. The second-order valence-electron chi connectivity index (χ2n) is 4.63. The van der Waals surface area contributed by atoms with E-state index in [9.17, 15) is 4.79 Å². The van der Waals surface area contributed by atoms with Crippen molar-refractivity contribution in [1.82, 2.24) is 10.3 Å². The smallest absolute Gasteiger partial charge is 0.254 e. The van der Waals surface area contributed by atoms with Gasteiger partial charge in [-0.1, -0.05) is 31.5 Å². The number of pyridine rings is 1. The van der Waals surface area contributed by atoms with Crippen LogP contribution < -0.4 is 5.32 Å². The van der Waals surface area contributed by atoms with Gasteiger partial charge in [-0.3, -0.25) is 4.79 Å². The number of amides is 1. The number of hydrogen-bond acceptors (Lipinski definition) is 2. The fraction of sp³-hybridized carbons (Fsp3) is 0.538. The van der Waals surface area contributed by atoms with Crippen LogP contribution in [0.2, 0.25) is 0 Å². The highest BCUT2D eigenvalue weighted by Crippen LogP contribution is 2.22. The maximum atomic E-state index is 11.9. The second kappa shape index (κ2) is 5.96. The van der Waals surface area contributed by atoms with Crippen LogP contribution in [0, 0.1) is 10.6 Å². The van der Waals surface area contributed by atoms with E-state index in [4.69, 9.17) is 12.2 Å². The number of hydrogen-bond donors (Lipinski definition) is 2. The van der Waals surface area contributed by atoms with Gasteiger partial charge >= 0.3 is 0 Å². The highest BCUT2D eigenvalue weighted by atomic mass is 32.1. The van der Waals surface area contributed by atoms with E-state index in [1.54, 1.807) is 18.3 Å². The molecule has 0 saturated heterocycles. The lowest BCUT2D eigenvalue weighted by molar-refractivity contribution is 0.0942. The molecule has 1 amide bonds. The van der Waals surface area contributed by atoms with E-state index < -0.39 is 0 Å². The minimum atomic E-state index is -0.0579. The van der Waals surface area contributed by atoms with E-state index >= 15 is 0 Å². The maximum Gasteiger partial charge on any atom is 0.254 e. The van der Waals surface area contributed by atoms with Gasteiger partial charge in [0.05, 0.1) is 5.56 Å². The molecule has 0 spiro atoms. The van der Waals surface area contributed by atoms with Gasteiger partial charge in [-0.05, 0) is 30.9 Å². The molecule has 0 atom stereocenters. The summed E-state index contributed by atoms with van der Waals surface area (Å²) in [7, 11) is 0. The highest BCUT2D eigenvalue weighted by Gasteiger charge is 2.15. The van der Waals surface area contributed by atoms with Gasteiger partial charge in [-0.2, -0.15) is 0 Å². The lowest BCUT2D eigenvalue weighted by Gasteiger charge is -2.21. The molecular weight excluding hydrogens is 232 g/mol. The summed E-state index contributed by atoms with van der Waals surface area (Å²) in [6, 6.07) is 3.56. The number of rotatable bonds is 3. The molecule has 92 valence electrons. The number of carbonyl (C=O) groups excluding carboxylic acids is 1. The molecular formula is C13H18N2OS. The summed E-state index contributed by atoms with van der Waals surface area (Å²) in [5.41, 5.74) is 0.568. The molecule has 1 aliphatic rings. The largest absolute Gasteiger partial charge is 0.352 e. The molecule has 1 fully saturated rings. The first-order valence-electron chi connectivity index (χ1n) is 6.23. The molecule has 0 bridgehead atoms. The van der Waals surface area contributed by atoms with Gasteiger partial charge in [0.25, 0.3) is 5.91 Å². The summed E-state index contributed by atoms with van der Waals surface area (Å²) in [6.07, 6.45) is 8.15. The lowest BCUT2D eigenvalue weighted by atomic mass is 9.89. The Morgan fingerprint density at radius 1 is 1.41 bits per heavy atom. The summed E-state index contributed by atoms with van der Waals surface area (Å²) >= 11 is 5.08. The fourth-order valence-corrected chi connectivity index (χ4v) is 2.55. The van der Waals surface area contributed by atoms with Gasteiger partial charge < -0.3 is 10.3 Å². The lowest BCUT2D eigenvalue weighted by Crippen LogP contribution is -2.30. The Hall–Kier alpha value is -1.16. The van der Waals surface area contributed by atoms with Crippen molar-refractivity contribution in [2.75, 3.05) is 6.54 Å². The van der Waals surface area contributed by atoms with Crippen molar-refractivity contribution in [3.63, 3.8) is 0 Å². The zero-order valence-electron chi connectivity index (χ0n) is 9.87. The van der Waals surface area contributed by atoms with Crippen LogP contribution in [-0.2, 0) is 0 Å². The van der Waals surface area contributed by atoms with Gasteiger partial charge in [0.15, 0.2) is 0 Å². The van der Waals surface area contributed by atoms with Gasteiger partial charge in [-0.25, -0.2) is 0 Å². The first-order valence-corrected chi connectivity index (χ1v) is 6.64. The molecule has 3 nitrogen and oxygen atoms in total. The average molecular weight is 250 g/mol. The molecule has 0 radical (unpaired) electrons. The molecule has 1 aromatic rings. The Labute approximate surface area is 107 Å². The van der Waals surface area contributed by atoms with Gasteiger partial charge in [0.2, 0.25) is 0 Å². The predicted molar refractivity (Wildman–Crippen MR) is 70.5 cm³/mol. The molecule has 2 rings (SSSR count). The van der Waals surface area contributed by atoms with Crippen LogP contribution in [0.5, 0.6) is 0 Å². The Morgan fingerprint density at radius 2 is 2.18 bits per heavy atom. The minimum Gasteiger partial charge on any atom is -0.352 e. The maximum absolute atomic E-state index is 11.9. The number of carbonyl (C=O) groups is 1. The van der Waals surface area contributed by atoms with Crippen LogP contribution in [0.1, 0.15) is 42.5 Å². The van der Waals surface area contributed by atoms with E-state index in [0.29, 0.717) is 16.1 Å². The van der Waals surface area contributed by atoms with E-state index in [1.807, 2.05) is 0 Å². The summed E-state index contributed by atoms with van der Waals surface area (Å²) in [6.45, 7) is 0.780. The van der Waals surface area contributed by atoms with Crippen LogP contribution >= 0.6 is 12.2 Å². The SMILES string of the molecule is O=C(NCC1CCCCC1)c1ccc[nH]c1=S. The Kier molecular flexibility index (Phi) is 4.31. The second-order valence-corrected chi connectivity index (χ2v) is 5.04. The zero-order valence-corrected chi connectivity index (χ0v) is 10.7. The topological polar surface area (TPSA) is 44.9 Å². The molecule has 17 heavy (non-hydrogen) atoms. The average Bonchev–Trinajstić information content (AvgIpc) is 2.38. The van der Waals surface area contributed by atoms with Gasteiger partial charge in [0, 0.05) is 12.7 Å². The fourth-order valence-electron chi connectivity index (χ4n) is 2.32. The van der Waals surface area contributed by atoms with Crippen molar-refractivity contribution in [2.45, 2.75) is 32.1 Å². The minimum absolute atomic E-state index is 0.0579. The van der Waals surface area contributed by atoms with Gasteiger partial charge in [0.1, 0.15) is 4.64 Å². The number of aromatic amines is 1. The molecule has 2 N–H and O–H groups in total. The number of nitrogens with one attached hydrogen (secondary N) is 2. The molecule has 1 saturated carbocycles. The van der Waals surface area contributed by atoms with Crippen molar-refractivity contribution in [2.24, 2.45) is 5.92 Å². The van der Waals surface area contributed by atoms with E-state index in [2.05, 4.69) is 10.3 Å². The van der Waals surface area contributed by atoms with Crippen molar-refractivity contribution >= 4 is 18.1 Å². The first-order chi connectivity index (χ1) is 8.27.